The predicted molar refractivity (Wildman–Crippen MR) is 58.7 cm³/mol. The van der Waals surface area contributed by atoms with E-state index in [4.69, 9.17) is 4.74 Å². The summed E-state index contributed by atoms with van der Waals surface area (Å²) in [4.78, 5) is 21.4. The van der Waals surface area contributed by atoms with Gasteiger partial charge in [-0.1, -0.05) is 6.92 Å². The van der Waals surface area contributed by atoms with Gasteiger partial charge in [-0.25, -0.2) is 4.79 Å². The van der Waals surface area contributed by atoms with Gasteiger partial charge in [0.05, 0.1) is 0 Å². The molecule has 1 N–H and O–H groups in total. The van der Waals surface area contributed by atoms with E-state index >= 15 is 0 Å². The van der Waals surface area contributed by atoms with E-state index in [1.165, 1.54) is 0 Å². The zero-order chi connectivity index (χ0) is 11.9. The minimum absolute atomic E-state index is 0.294. The maximum absolute atomic E-state index is 11.2. The van der Waals surface area contributed by atoms with Crippen molar-refractivity contribution in [2.45, 2.75) is 46.1 Å². The zero-order valence-corrected chi connectivity index (χ0v) is 10.0. The van der Waals surface area contributed by atoms with Gasteiger partial charge in [0.15, 0.2) is 0 Å². The summed E-state index contributed by atoms with van der Waals surface area (Å²) in [5, 5.41) is 2.67. The molecule has 0 bridgehead atoms. The maximum Gasteiger partial charge on any atom is 0.407 e. The Morgan fingerprint density at radius 3 is 2.53 bits per heavy atom. The minimum atomic E-state index is -0.462. The Hall–Kier alpha value is -1.06. The van der Waals surface area contributed by atoms with Crippen molar-refractivity contribution in [1.82, 2.24) is 5.32 Å². The molecule has 4 heteroatoms. The van der Waals surface area contributed by atoms with Crippen molar-refractivity contribution in [3.63, 3.8) is 0 Å². The lowest BCUT2D eigenvalue weighted by molar-refractivity contribution is -0.108. The molecule has 0 aliphatic carbocycles. The van der Waals surface area contributed by atoms with Gasteiger partial charge in [-0.3, -0.25) is 0 Å². The molecule has 0 aromatic rings. The molecule has 0 fully saturated rings. The topological polar surface area (TPSA) is 55.4 Å². The fraction of sp³-hybridized carbons (Fsp3) is 0.818. The van der Waals surface area contributed by atoms with Crippen molar-refractivity contribution in [2.75, 3.05) is 6.54 Å². The SMILES string of the molecule is C[C@H](CCC=O)CNC(=O)OC(C)(C)C. The van der Waals surface area contributed by atoms with E-state index in [1.54, 1.807) is 0 Å². The molecule has 0 saturated carbocycles. The molecule has 4 nitrogen and oxygen atoms in total. The number of carbonyl (C=O) groups excluding carboxylic acids is 2. The average molecular weight is 215 g/mol. The summed E-state index contributed by atoms with van der Waals surface area (Å²) in [6.07, 6.45) is 1.82. The molecular weight excluding hydrogens is 194 g/mol. The molecule has 15 heavy (non-hydrogen) atoms. The standard InChI is InChI=1S/C11H21NO3/c1-9(6-5-7-13)8-12-10(14)15-11(2,3)4/h7,9H,5-6,8H2,1-4H3,(H,12,14)/t9-/m1/s1. The van der Waals surface area contributed by atoms with Crippen LogP contribution in [-0.2, 0) is 9.53 Å². The van der Waals surface area contributed by atoms with Crippen molar-refractivity contribution in [3.8, 4) is 0 Å². The van der Waals surface area contributed by atoms with Crippen LogP contribution in [0.1, 0.15) is 40.5 Å². The van der Waals surface area contributed by atoms with Gasteiger partial charge in [0.2, 0.25) is 0 Å². The Morgan fingerprint density at radius 1 is 1.47 bits per heavy atom. The maximum atomic E-state index is 11.2. The summed E-state index contributed by atoms with van der Waals surface area (Å²) >= 11 is 0. The molecule has 0 radical (unpaired) electrons. The monoisotopic (exact) mass is 215 g/mol. The van der Waals surface area contributed by atoms with Crippen LogP contribution in [0.15, 0.2) is 0 Å². The van der Waals surface area contributed by atoms with E-state index in [9.17, 15) is 9.59 Å². The summed E-state index contributed by atoms with van der Waals surface area (Å²) in [5.74, 6) is 0.294. The number of ether oxygens (including phenoxy) is 1. The van der Waals surface area contributed by atoms with Crippen LogP contribution in [0.2, 0.25) is 0 Å². The third-order valence-corrected chi connectivity index (χ3v) is 1.77. The Morgan fingerprint density at radius 2 is 2.07 bits per heavy atom. The predicted octanol–water partition coefficient (Wildman–Crippen LogP) is 2.13. The molecule has 0 aliphatic rings. The number of carbonyl (C=O) groups is 2. The second-order valence-electron chi connectivity index (χ2n) is 4.73. The van der Waals surface area contributed by atoms with Gasteiger partial charge in [0.1, 0.15) is 11.9 Å². The Balaban J connectivity index is 3.66. The third-order valence-electron chi connectivity index (χ3n) is 1.77. The van der Waals surface area contributed by atoms with E-state index in [-0.39, 0.29) is 0 Å². The van der Waals surface area contributed by atoms with Crippen molar-refractivity contribution < 1.29 is 14.3 Å². The lowest BCUT2D eigenvalue weighted by atomic mass is 10.1. The van der Waals surface area contributed by atoms with Gasteiger partial charge < -0.3 is 14.8 Å². The Kier molecular flexibility index (Phi) is 5.97. The first-order valence-corrected chi connectivity index (χ1v) is 5.25. The van der Waals surface area contributed by atoms with Crippen LogP contribution >= 0.6 is 0 Å². The lowest BCUT2D eigenvalue weighted by Gasteiger charge is -2.20. The van der Waals surface area contributed by atoms with Crippen LogP contribution < -0.4 is 5.32 Å². The van der Waals surface area contributed by atoms with Crippen LogP contribution in [0.4, 0.5) is 4.79 Å². The molecule has 1 atom stereocenters. The summed E-state index contributed by atoms with van der Waals surface area (Å²) < 4.78 is 5.07. The molecule has 0 rings (SSSR count). The van der Waals surface area contributed by atoms with Gasteiger partial charge >= 0.3 is 6.09 Å². The van der Waals surface area contributed by atoms with E-state index in [0.717, 1.165) is 12.7 Å². The highest BCUT2D eigenvalue weighted by molar-refractivity contribution is 5.67. The quantitative estimate of drug-likeness (QED) is 0.715. The fourth-order valence-electron chi connectivity index (χ4n) is 1.03. The third kappa shape index (κ3) is 9.25. The molecule has 88 valence electrons. The molecule has 0 unspecified atom stereocenters. The average Bonchev–Trinajstić information content (AvgIpc) is 2.08. The van der Waals surface area contributed by atoms with E-state index in [1.807, 2.05) is 27.7 Å². The van der Waals surface area contributed by atoms with Gasteiger partial charge in [-0.15, -0.1) is 0 Å². The summed E-state index contributed by atoms with van der Waals surface area (Å²) in [7, 11) is 0. The number of hydrogen-bond donors (Lipinski definition) is 1. The highest BCUT2D eigenvalue weighted by atomic mass is 16.6. The Labute approximate surface area is 91.4 Å². The van der Waals surface area contributed by atoms with Crippen molar-refractivity contribution in [2.24, 2.45) is 5.92 Å². The molecule has 0 spiro atoms. The molecule has 0 aliphatic heterocycles. The highest BCUT2D eigenvalue weighted by Crippen LogP contribution is 2.07. The second-order valence-corrected chi connectivity index (χ2v) is 4.73. The largest absolute Gasteiger partial charge is 0.444 e. The van der Waals surface area contributed by atoms with Crippen molar-refractivity contribution in [3.05, 3.63) is 0 Å². The first-order valence-electron chi connectivity index (χ1n) is 5.25. The summed E-state index contributed by atoms with van der Waals surface area (Å²) in [6.45, 7) is 8.00. The van der Waals surface area contributed by atoms with Gasteiger partial charge in [0, 0.05) is 13.0 Å². The highest BCUT2D eigenvalue weighted by Gasteiger charge is 2.16. The van der Waals surface area contributed by atoms with E-state index in [0.29, 0.717) is 18.9 Å². The Bertz CT molecular complexity index is 208. The second kappa shape index (κ2) is 6.43. The van der Waals surface area contributed by atoms with Crippen molar-refractivity contribution in [1.29, 1.82) is 0 Å². The van der Waals surface area contributed by atoms with Crippen LogP contribution in [0.5, 0.6) is 0 Å². The zero-order valence-electron chi connectivity index (χ0n) is 10.0. The van der Waals surface area contributed by atoms with Crippen LogP contribution in [0, 0.1) is 5.92 Å². The van der Waals surface area contributed by atoms with Gasteiger partial charge in [-0.05, 0) is 33.1 Å². The molecule has 1 amide bonds. The molecule has 0 heterocycles. The molecular formula is C11H21NO3. The smallest absolute Gasteiger partial charge is 0.407 e. The minimum Gasteiger partial charge on any atom is -0.444 e. The number of hydrogen-bond acceptors (Lipinski definition) is 3. The van der Waals surface area contributed by atoms with E-state index < -0.39 is 11.7 Å². The van der Waals surface area contributed by atoms with Crippen molar-refractivity contribution >= 4 is 12.4 Å². The molecule has 0 saturated heterocycles. The number of aldehydes is 1. The summed E-state index contributed by atoms with van der Waals surface area (Å²) in [5.41, 5.74) is -0.462. The number of nitrogens with one attached hydrogen (secondary N) is 1. The van der Waals surface area contributed by atoms with Crippen LogP contribution in [-0.4, -0.2) is 24.5 Å². The normalized spacial score (nSPS) is 13.1. The lowest BCUT2D eigenvalue weighted by Crippen LogP contribution is -2.34. The van der Waals surface area contributed by atoms with Gasteiger partial charge in [-0.2, -0.15) is 0 Å². The molecule has 0 aromatic carbocycles. The van der Waals surface area contributed by atoms with Gasteiger partial charge in [0.25, 0.3) is 0 Å². The van der Waals surface area contributed by atoms with E-state index in [2.05, 4.69) is 5.32 Å². The number of amides is 1. The van der Waals surface area contributed by atoms with Crippen LogP contribution in [0.3, 0.4) is 0 Å². The first-order chi connectivity index (χ1) is 6.85. The number of rotatable bonds is 5. The van der Waals surface area contributed by atoms with Crippen LogP contribution in [0.25, 0.3) is 0 Å². The summed E-state index contributed by atoms with van der Waals surface area (Å²) in [6, 6.07) is 0. The molecule has 0 aromatic heterocycles. The first kappa shape index (κ1) is 13.9. The number of alkyl carbamates (subject to hydrolysis) is 1. The fourth-order valence-corrected chi connectivity index (χ4v) is 1.03.